The first-order valence-corrected chi connectivity index (χ1v) is 13.1. The molecule has 0 N–H and O–H groups in total. The molecule has 0 spiro atoms. The fourth-order valence-electron chi connectivity index (χ4n) is 3.57. The van der Waals surface area contributed by atoms with Gasteiger partial charge < -0.3 is 9.64 Å². The number of carbonyl (C=O) groups is 1. The minimum Gasteiger partial charge on any atom is -0.484 e. The molecule has 1 aliphatic heterocycles. The van der Waals surface area contributed by atoms with E-state index in [2.05, 4.69) is 0 Å². The predicted octanol–water partition coefficient (Wildman–Crippen LogP) is 4.73. The minimum absolute atomic E-state index is 0.0874. The number of aryl methyl sites for hydroxylation is 1. The molecule has 0 saturated carbocycles. The number of hydrogen-bond acceptors (Lipinski definition) is 5. The smallest absolute Gasteiger partial charge is 0.264 e. The third kappa shape index (κ3) is 5.17. The molecule has 3 aromatic rings. The van der Waals surface area contributed by atoms with Crippen molar-refractivity contribution in [2.24, 2.45) is 0 Å². The van der Waals surface area contributed by atoms with Gasteiger partial charge in [-0.25, -0.2) is 8.42 Å². The highest BCUT2D eigenvalue weighted by atomic mass is 32.2. The van der Waals surface area contributed by atoms with Crippen LogP contribution in [0.5, 0.6) is 5.75 Å². The molecule has 0 aliphatic carbocycles. The molecule has 172 valence electrons. The van der Waals surface area contributed by atoms with Gasteiger partial charge >= 0.3 is 0 Å². The van der Waals surface area contributed by atoms with Gasteiger partial charge in [0.2, 0.25) is 0 Å². The molecule has 1 heterocycles. The van der Waals surface area contributed by atoms with Crippen LogP contribution in [0.2, 0.25) is 0 Å². The van der Waals surface area contributed by atoms with E-state index in [1.807, 2.05) is 31.2 Å². The number of rotatable bonds is 6. The van der Waals surface area contributed by atoms with Gasteiger partial charge in [0, 0.05) is 18.5 Å². The summed E-state index contributed by atoms with van der Waals surface area (Å²) < 4.78 is 32.7. The van der Waals surface area contributed by atoms with Crippen molar-refractivity contribution in [1.29, 1.82) is 0 Å². The quantitative estimate of drug-likeness (QED) is 0.508. The highest BCUT2D eigenvalue weighted by Gasteiger charge is 2.23. The standard InChI is InChI=1S/C25H26N2O4S2/c1-19-8-14-22(15-9-19)33(29,30)26(2)20-10-12-21(13-11-20)31-18-25(28)27-16-5-17-32-24-7-4-3-6-23(24)27/h3-4,6-15H,5,16-18H2,1-2H3. The Balaban J connectivity index is 1.42. The van der Waals surface area contributed by atoms with Crippen molar-refractivity contribution >= 4 is 39.1 Å². The second-order valence-corrected chi connectivity index (χ2v) is 10.9. The van der Waals surface area contributed by atoms with E-state index in [9.17, 15) is 13.2 Å². The molecule has 33 heavy (non-hydrogen) atoms. The van der Waals surface area contributed by atoms with E-state index in [1.165, 1.54) is 11.4 Å². The Labute approximate surface area is 199 Å². The predicted molar refractivity (Wildman–Crippen MR) is 133 cm³/mol. The molecule has 0 radical (unpaired) electrons. The topological polar surface area (TPSA) is 66.9 Å². The Morgan fingerprint density at radius 2 is 1.73 bits per heavy atom. The lowest BCUT2D eigenvalue weighted by atomic mass is 10.2. The summed E-state index contributed by atoms with van der Waals surface area (Å²) in [5.74, 6) is 1.38. The second-order valence-electron chi connectivity index (χ2n) is 7.78. The summed E-state index contributed by atoms with van der Waals surface area (Å²) in [7, 11) is -2.15. The molecule has 0 unspecified atom stereocenters. The highest BCUT2D eigenvalue weighted by molar-refractivity contribution is 7.99. The number of sulfonamides is 1. The molecule has 1 aliphatic rings. The van der Waals surface area contributed by atoms with Crippen LogP contribution in [0.25, 0.3) is 0 Å². The lowest BCUT2D eigenvalue weighted by Gasteiger charge is -2.23. The molecule has 0 bridgehead atoms. The Morgan fingerprint density at radius 3 is 2.45 bits per heavy atom. The number of carbonyl (C=O) groups excluding carboxylic acids is 1. The molecule has 0 atom stereocenters. The Bertz CT molecular complexity index is 1230. The van der Waals surface area contributed by atoms with Crippen molar-refractivity contribution in [2.75, 3.05) is 35.2 Å². The van der Waals surface area contributed by atoms with E-state index in [0.717, 1.165) is 28.3 Å². The summed E-state index contributed by atoms with van der Waals surface area (Å²) in [6, 6.07) is 21.4. The molecular weight excluding hydrogens is 456 g/mol. The lowest BCUT2D eigenvalue weighted by molar-refractivity contribution is -0.120. The molecule has 8 heteroatoms. The molecule has 0 aromatic heterocycles. The van der Waals surface area contributed by atoms with Gasteiger partial charge in [0.15, 0.2) is 6.61 Å². The molecule has 0 saturated heterocycles. The van der Waals surface area contributed by atoms with Crippen molar-refractivity contribution in [3.8, 4) is 5.75 Å². The summed E-state index contributed by atoms with van der Waals surface area (Å²) in [4.78, 5) is 16.0. The minimum atomic E-state index is -3.66. The van der Waals surface area contributed by atoms with E-state index in [-0.39, 0.29) is 17.4 Å². The van der Waals surface area contributed by atoms with Crippen molar-refractivity contribution in [3.63, 3.8) is 0 Å². The average molecular weight is 483 g/mol. The number of amides is 1. The molecule has 1 amide bonds. The zero-order valence-electron chi connectivity index (χ0n) is 18.6. The summed E-state index contributed by atoms with van der Waals surface area (Å²) >= 11 is 1.76. The first-order valence-electron chi connectivity index (χ1n) is 10.7. The fourth-order valence-corrected chi connectivity index (χ4v) is 5.76. The molecule has 0 fully saturated rings. The summed E-state index contributed by atoms with van der Waals surface area (Å²) in [5.41, 5.74) is 2.43. The van der Waals surface area contributed by atoms with Crippen LogP contribution in [-0.2, 0) is 14.8 Å². The number of para-hydroxylation sites is 1. The maximum atomic E-state index is 12.9. The van der Waals surface area contributed by atoms with Crippen molar-refractivity contribution < 1.29 is 17.9 Å². The van der Waals surface area contributed by atoms with Crippen LogP contribution in [0, 0.1) is 6.92 Å². The van der Waals surface area contributed by atoms with E-state index < -0.39 is 10.0 Å². The van der Waals surface area contributed by atoms with Crippen LogP contribution in [0.1, 0.15) is 12.0 Å². The number of benzene rings is 3. The maximum absolute atomic E-state index is 12.9. The number of anilines is 2. The molecular formula is C25H26N2O4S2. The van der Waals surface area contributed by atoms with Gasteiger partial charge in [-0.1, -0.05) is 29.8 Å². The number of thioether (sulfide) groups is 1. The van der Waals surface area contributed by atoms with E-state index in [1.54, 1.807) is 65.2 Å². The highest BCUT2D eigenvalue weighted by Crippen LogP contribution is 2.33. The summed E-state index contributed by atoms with van der Waals surface area (Å²) in [6.45, 7) is 2.48. The van der Waals surface area contributed by atoms with Gasteiger partial charge in [0.05, 0.1) is 16.3 Å². The van der Waals surface area contributed by atoms with Gasteiger partial charge in [0.1, 0.15) is 5.75 Å². The number of hydrogen-bond donors (Lipinski definition) is 0. The van der Waals surface area contributed by atoms with Gasteiger partial charge in [-0.3, -0.25) is 9.10 Å². The third-order valence-electron chi connectivity index (χ3n) is 5.48. The van der Waals surface area contributed by atoms with E-state index in [4.69, 9.17) is 4.74 Å². The molecule has 6 nitrogen and oxygen atoms in total. The van der Waals surface area contributed by atoms with Crippen molar-refractivity contribution in [1.82, 2.24) is 0 Å². The lowest BCUT2D eigenvalue weighted by Crippen LogP contribution is -2.35. The number of fused-ring (bicyclic) bond motifs is 1. The third-order valence-corrected chi connectivity index (χ3v) is 8.43. The van der Waals surface area contributed by atoms with Crippen molar-refractivity contribution in [3.05, 3.63) is 78.4 Å². The van der Waals surface area contributed by atoms with Crippen LogP contribution in [0.3, 0.4) is 0 Å². The normalized spacial score (nSPS) is 13.7. The second kappa shape index (κ2) is 9.89. The first kappa shape index (κ1) is 23.2. The molecule has 4 rings (SSSR count). The number of nitrogens with zero attached hydrogens (tertiary/aromatic N) is 2. The Hall–Kier alpha value is -2.97. The van der Waals surface area contributed by atoms with Crippen LogP contribution in [0.4, 0.5) is 11.4 Å². The van der Waals surface area contributed by atoms with Crippen LogP contribution < -0.4 is 13.9 Å². The summed E-state index contributed by atoms with van der Waals surface area (Å²) in [5, 5.41) is 0. The zero-order valence-corrected chi connectivity index (χ0v) is 20.2. The van der Waals surface area contributed by atoms with Gasteiger partial charge in [-0.2, -0.15) is 0 Å². The van der Waals surface area contributed by atoms with Gasteiger partial charge in [-0.15, -0.1) is 11.8 Å². The average Bonchev–Trinajstić information content (AvgIpc) is 3.05. The SMILES string of the molecule is Cc1ccc(S(=O)(=O)N(C)c2ccc(OCC(=O)N3CCCSc4ccccc43)cc2)cc1. The number of ether oxygens (including phenoxy) is 1. The van der Waals surface area contributed by atoms with Gasteiger partial charge in [-0.05, 0) is 67.6 Å². The Kier molecular flexibility index (Phi) is 6.95. The van der Waals surface area contributed by atoms with E-state index in [0.29, 0.717) is 18.0 Å². The van der Waals surface area contributed by atoms with Crippen LogP contribution >= 0.6 is 11.8 Å². The van der Waals surface area contributed by atoms with E-state index >= 15 is 0 Å². The Morgan fingerprint density at radius 1 is 1.03 bits per heavy atom. The van der Waals surface area contributed by atoms with Gasteiger partial charge in [0.25, 0.3) is 15.9 Å². The van der Waals surface area contributed by atoms with Crippen LogP contribution in [-0.4, -0.2) is 40.3 Å². The monoisotopic (exact) mass is 482 g/mol. The zero-order chi connectivity index (χ0) is 23.4. The first-order chi connectivity index (χ1) is 15.9. The molecule has 3 aromatic carbocycles. The fraction of sp³-hybridized carbons (Fsp3) is 0.240. The largest absolute Gasteiger partial charge is 0.484 e. The summed E-state index contributed by atoms with van der Waals surface area (Å²) in [6.07, 6.45) is 0.918. The van der Waals surface area contributed by atoms with Crippen LogP contribution in [0.15, 0.2) is 82.6 Å². The maximum Gasteiger partial charge on any atom is 0.264 e. The van der Waals surface area contributed by atoms with Crippen molar-refractivity contribution in [2.45, 2.75) is 23.1 Å².